The Kier molecular flexibility index (Phi) is 10.8. The lowest BCUT2D eigenvalue weighted by molar-refractivity contribution is -0.193. The normalized spacial score (nSPS) is 25.1. The molecule has 35 heavy (non-hydrogen) atoms. The highest BCUT2D eigenvalue weighted by molar-refractivity contribution is 7.09. The monoisotopic (exact) mass is 536 g/mol. The van der Waals surface area contributed by atoms with E-state index in [0.29, 0.717) is 18.2 Å². The quantitative estimate of drug-likeness (QED) is 0.567. The van der Waals surface area contributed by atoms with E-state index >= 15 is 0 Å². The number of likely N-dealkylation sites (tertiary alicyclic amines) is 1. The summed E-state index contributed by atoms with van der Waals surface area (Å²) in [6.07, 6.45) is -6.86. The summed E-state index contributed by atoms with van der Waals surface area (Å²) in [5.41, 5.74) is 0. The highest BCUT2D eigenvalue weighted by Gasteiger charge is 2.41. The fourth-order valence-electron chi connectivity index (χ4n) is 3.86. The zero-order valence-corrected chi connectivity index (χ0v) is 19.2. The van der Waals surface area contributed by atoms with Crippen LogP contribution in [0, 0.1) is 0 Å². The third-order valence-corrected chi connectivity index (χ3v) is 6.26. The van der Waals surface area contributed by atoms with Gasteiger partial charge in [-0.25, -0.2) is 9.59 Å². The summed E-state index contributed by atoms with van der Waals surface area (Å²) >= 11 is 1.85. The van der Waals surface area contributed by atoms with Crippen molar-refractivity contribution in [1.29, 1.82) is 0 Å². The van der Waals surface area contributed by atoms with E-state index in [-0.39, 0.29) is 0 Å². The smallest absolute Gasteiger partial charge is 0.475 e. The highest BCUT2D eigenvalue weighted by atomic mass is 32.1. The lowest BCUT2D eigenvalue weighted by Crippen LogP contribution is -2.52. The molecule has 0 amide bonds. The van der Waals surface area contributed by atoms with Crippen molar-refractivity contribution in [3.63, 3.8) is 0 Å². The molecule has 0 radical (unpaired) electrons. The number of morpholine rings is 1. The number of hydrogen-bond donors (Lipinski definition) is 2. The second-order valence-corrected chi connectivity index (χ2v) is 9.02. The average Bonchev–Trinajstić information content (AvgIpc) is 3.50. The van der Waals surface area contributed by atoms with E-state index in [0.717, 1.165) is 45.9 Å². The molecule has 0 bridgehead atoms. The number of alkyl halides is 6. The van der Waals surface area contributed by atoms with Crippen molar-refractivity contribution in [2.45, 2.75) is 50.0 Å². The number of fused-ring (bicyclic) bond motifs is 1. The molecule has 0 spiro atoms. The van der Waals surface area contributed by atoms with Crippen LogP contribution in [-0.2, 0) is 25.6 Å². The van der Waals surface area contributed by atoms with Gasteiger partial charge in [-0.05, 0) is 24.3 Å². The third kappa shape index (κ3) is 9.91. The maximum Gasteiger partial charge on any atom is 0.490 e. The number of carboxylic acids is 2. The fraction of sp³-hybridized carbons (Fsp3) is 0.700. The van der Waals surface area contributed by atoms with Crippen LogP contribution in [0.4, 0.5) is 26.3 Å². The van der Waals surface area contributed by atoms with E-state index in [1.165, 1.54) is 17.7 Å². The van der Waals surface area contributed by atoms with Gasteiger partial charge in [-0.15, -0.1) is 11.3 Å². The van der Waals surface area contributed by atoms with Gasteiger partial charge in [-0.3, -0.25) is 9.80 Å². The van der Waals surface area contributed by atoms with Crippen LogP contribution in [0.5, 0.6) is 0 Å². The van der Waals surface area contributed by atoms with Gasteiger partial charge in [0.05, 0.1) is 18.8 Å². The molecule has 3 aliphatic rings. The SMILES string of the molecule is O=C(O)C(F)(F)F.O=C(O)C(F)(F)F.c1csc(CN2C[C@@H]3OCCN(CC4CCCO4)[C@@H]3C2)c1. The molecule has 8 nitrogen and oxygen atoms in total. The molecule has 3 aliphatic heterocycles. The Hall–Kier alpha value is -1.94. The number of rotatable bonds is 4. The molecule has 0 aromatic carbocycles. The molecule has 1 aromatic rings. The second kappa shape index (κ2) is 12.9. The van der Waals surface area contributed by atoms with Crippen LogP contribution in [0.3, 0.4) is 0 Å². The van der Waals surface area contributed by atoms with Gasteiger partial charge >= 0.3 is 24.3 Å². The van der Waals surface area contributed by atoms with Gasteiger partial charge in [-0.2, -0.15) is 26.3 Å². The Morgan fingerprint density at radius 2 is 1.66 bits per heavy atom. The Bertz CT molecular complexity index is 777. The van der Waals surface area contributed by atoms with Gasteiger partial charge in [0.2, 0.25) is 0 Å². The fourth-order valence-corrected chi connectivity index (χ4v) is 4.61. The lowest BCUT2D eigenvalue weighted by atomic mass is 10.1. The number of halogens is 6. The number of nitrogens with zero attached hydrogens (tertiary/aromatic N) is 2. The largest absolute Gasteiger partial charge is 0.490 e. The molecule has 1 aromatic heterocycles. The molecule has 3 fully saturated rings. The molecule has 4 heterocycles. The summed E-state index contributed by atoms with van der Waals surface area (Å²) in [7, 11) is 0. The second-order valence-electron chi connectivity index (χ2n) is 7.99. The van der Waals surface area contributed by atoms with Crippen molar-refractivity contribution in [2.24, 2.45) is 0 Å². The van der Waals surface area contributed by atoms with Crippen molar-refractivity contribution < 1.29 is 55.6 Å². The first-order valence-electron chi connectivity index (χ1n) is 10.6. The van der Waals surface area contributed by atoms with Gasteiger partial charge in [0.15, 0.2) is 0 Å². The molecule has 200 valence electrons. The summed E-state index contributed by atoms with van der Waals surface area (Å²) in [6.45, 7) is 7.27. The van der Waals surface area contributed by atoms with Gasteiger partial charge in [0.1, 0.15) is 0 Å². The van der Waals surface area contributed by atoms with E-state index in [2.05, 4.69) is 27.3 Å². The first-order chi connectivity index (χ1) is 16.3. The highest BCUT2D eigenvalue weighted by Crippen LogP contribution is 2.26. The lowest BCUT2D eigenvalue weighted by Gasteiger charge is -2.38. The number of carbonyl (C=O) groups is 2. The van der Waals surface area contributed by atoms with Crippen molar-refractivity contribution in [3.8, 4) is 0 Å². The minimum absolute atomic E-state index is 0.389. The predicted molar refractivity (Wildman–Crippen MR) is 111 cm³/mol. The van der Waals surface area contributed by atoms with Crippen molar-refractivity contribution >= 4 is 23.3 Å². The zero-order valence-electron chi connectivity index (χ0n) is 18.4. The first kappa shape index (κ1) is 29.3. The zero-order chi connectivity index (χ0) is 26.2. The number of ether oxygens (including phenoxy) is 2. The number of hydrogen-bond acceptors (Lipinski definition) is 7. The molecule has 0 saturated carbocycles. The van der Waals surface area contributed by atoms with Gasteiger partial charge in [0, 0.05) is 50.2 Å². The number of thiophene rings is 1. The maximum atomic E-state index is 10.6. The molecule has 4 rings (SSSR count). The predicted octanol–water partition coefficient (Wildman–Crippen LogP) is 3.08. The molecule has 1 unspecified atom stereocenters. The summed E-state index contributed by atoms with van der Waals surface area (Å²) in [5.74, 6) is -5.51. The molecular weight excluding hydrogens is 510 g/mol. The van der Waals surface area contributed by atoms with E-state index in [4.69, 9.17) is 29.3 Å². The molecule has 3 atom stereocenters. The molecule has 0 aliphatic carbocycles. The molecule has 2 N–H and O–H groups in total. The van der Waals surface area contributed by atoms with Crippen LogP contribution in [0.25, 0.3) is 0 Å². The number of carboxylic acid groups (broad SMARTS) is 2. The van der Waals surface area contributed by atoms with Gasteiger partial charge in [-0.1, -0.05) is 6.07 Å². The average molecular weight is 536 g/mol. The summed E-state index contributed by atoms with van der Waals surface area (Å²) in [4.78, 5) is 24.4. The van der Waals surface area contributed by atoms with Gasteiger partial charge < -0.3 is 19.7 Å². The topological polar surface area (TPSA) is 99.5 Å². The standard InChI is InChI=1S/C16H24N2O2S.2C2HF3O2/c1-3-13(19-6-1)9-18-5-7-20-16-12-17(11-15(16)18)10-14-4-2-8-21-14;2*3-2(4,5)1(6)7/h2,4,8,13,15-16H,1,3,5-7,9-12H2;2*(H,6,7)/t13?,15-,16+;;/m1../s1. The first-order valence-corrected chi connectivity index (χ1v) is 11.5. The molecule has 15 heteroatoms. The van der Waals surface area contributed by atoms with Crippen LogP contribution < -0.4 is 0 Å². The third-order valence-electron chi connectivity index (χ3n) is 5.40. The maximum absolute atomic E-state index is 10.6. The Labute approximate surface area is 201 Å². The van der Waals surface area contributed by atoms with E-state index in [1.807, 2.05) is 11.3 Å². The van der Waals surface area contributed by atoms with Gasteiger partial charge in [0.25, 0.3) is 0 Å². The Balaban J connectivity index is 0.000000257. The molecule has 3 saturated heterocycles. The minimum atomic E-state index is -5.08. The molecular formula is C20H26F6N2O6S. The van der Waals surface area contributed by atoms with Crippen molar-refractivity contribution in [1.82, 2.24) is 9.80 Å². The minimum Gasteiger partial charge on any atom is -0.475 e. The van der Waals surface area contributed by atoms with E-state index in [1.54, 1.807) is 0 Å². The van der Waals surface area contributed by atoms with Crippen LogP contribution >= 0.6 is 11.3 Å². The van der Waals surface area contributed by atoms with Crippen molar-refractivity contribution in [3.05, 3.63) is 22.4 Å². The summed E-state index contributed by atoms with van der Waals surface area (Å²) in [5, 5.41) is 16.4. The van der Waals surface area contributed by atoms with Crippen LogP contribution in [0.2, 0.25) is 0 Å². The summed E-state index contributed by atoms with van der Waals surface area (Å²) in [6, 6.07) is 4.93. The Morgan fingerprint density at radius 3 is 2.14 bits per heavy atom. The van der Waals surface area contributed by atoms with Crippen LogP contribution in [0.15, 0.2) is 17.5 Å². The van der Waals surface area contributed by atoms with Crippen LogP contribution in [0.1, 0.15) is 17.7 Å². The summed E-state index contributed by atoms with van der Waals surface area (Å²) < 4.78 is 75.3. The number of aliphatic carboxylic acids is 2. The van der Waals surface area contributed by atoms with Crippen LogP contribution in [-0.4, -0.2) is 102 Å². The van der Waals surface area contributed by atoms with E-state index < -0.39 is 24.3 Å². The Morgan fingerprint density at radius 1 is 1.03 bits per heavy atom. The van der Waals surface area contributed by atoms with Crippen molar-refractivity contribution in [2.75, 3.05) is 39.4 Å². The van der Waals surface area contributed by atoms with E-state index in [9.17, 15) is 26.3 Å².